The molecule has 0 bridgehead atoms. The van der Waals surface area contributed by atoms with Crippen molar-refractivity contribution in [2.75, 3.05) is 5.73 Å². The number of nitrogens with zero attached hydrogens (tertiary/aromatic N) is 2. The van der Waals surface area contributed by atoms with Gasteiger partial charge in [-0.25, -0.2) is 9.97 Å². The Balaban J connectivity index is 3.17. The molecular weight excluding hydrogens is 182 g/mol. The maximum absolute atomic E-state index is 5.40. The van der Waals surface area contributed by atoms with Gasteiger partial charge in [0.05, 0.1) is 5.69 Å². The normalized spacial score (nSPS) is 9.56. The number of nitrogen functional groups attached to an aromatic ring is 1. The Morgan fingerprint density at radius 1 is 1.67 bits per heavy atom. The lowest BCUT2D eigenvalue weighted by atomic mass is 10.5. The van der Waals surface area contributed by atoms with E-state index in [1.165, 1.54) is 0 Å². The van der Waals surface area contributed by atoms with Crippen molar-refractivity contribution in [3.05, 3.63) is 16.5 Å². The van der Waals surface area contributed by atoms with Crippen LogP contribution in [0.2, 0.25) is 0 Å². The molecule has 1 heterocycles. The van der Waals surface area contributed by atoms with Crippen molar-refractivity contribution >= 4 is 21.7 Å². The quantitative estimate of drug-likeness (QED) is 0.663. The van der Waals surface area contributed by atoms with Gasteiger partial charge in [-0.15, -0.1) is 0 Å². The predicted molar refractivity (Wildman–Crippen MR) is 38.9 cm³/mol. The number of rotatable bonds is 0. The third kappa shape index (κ3) is 1.38. The third-order valence-corrected chi connectivity index (χ3v) is 1.48. The molecule has 0 radical (unpaired) electrons. The van der Waals surface area contributed by atoms with Crippen molar-refractivity contribution in [2.24, 2.45) is 0 Å². The molecule has 0 fully saturated rings. The molecule has 0 amide bonds. The molecule has 3 nitrogen and oxygen atoms in total. The first kappa shape index (κ1) is 6.48. The van der Waals surface area contributed by atoms with E-state index < -0.39 is 0 Å². The van der Waals surface area contributed by atoms with Crippen LogP contribution in [-0.4, -0.2) is 9.97 Å². The zero-order chi connectivity index (χ0) is 6.85. The van der Waals surface area contributed by atoms with Gasteiger partial charge in [-0.05, 0) is 22.9 Å². The lowest BCUT2D eigenvalue weighted by molar-refractivity contribution is 1.10. The van der Waals surface area contributed by atoms with Gasteiger partial charge in [-0.2, -0.15) is 0 Å². The molecule has 48 valence electrons. The summed E-state index contributed by atoms with van der Waals surface area (Å²) in [5.74, 6) is 0.440. The summed E-state index contributed by atoms with van der Waals surface area (Å²) in [5.41, 5.74) is 6.23. The van der Waals surface area contributed by atoms with E-state index >= 15 is 0 Å². The minimum Gasteiger partial charge on any atom is -0.381 e. The van der Waals surface area contributed by atoms with Crippen LogP contribution in [0.25, 0.3) is 0 Å². The van der Waals surface area contributed by atoms with Crippen LogP contribution in [0.3, 0.4) is 0 Å². The largest absolute Gasteiger partial charge is 0.381 e. The molecule has 0 atom stereocenters. The van der Waals surface area contributed by atoms with E-state index in [1.807, 2.05) is 6.92 Å². The number of hydrogen-bond acceptors (Lipinski definition) is 3. The van der Waals surface area contributed by atoms with E-state index in [1.54, 1.807) is 6.20 Å². The summed E-state index contributed by atoms with van der Waals surface area (Å²) in [6.45, 7) is 1.84. The molecular formula is C5H6BrN3. The van der Waals surface area contributed by atoms with E-state index in [4.69, 9.17) is 5.73 Å². The first-order valence-corrected chi connectivity index (χ1v) is 3.24. The molecule has 4 heteroatoms. The molecule has 0 saturated carbocycles. The summed E-state index contributed by atoms with van der Waals surface area (Å²) in [6, 6.07) is 0. The molecule has 0 aliphatic carbocycles. The van der Waals surface area contributed by atoms with Gasteiger partial charge >= 0.3 is 0 Å². The Kier molecular flexibility index (Phi) is 1.66. The zero-order valence-electron chi connectivity index (χ0n) is 4.93. The summed E-state index contributed by atoms with van der Waals surface area (Å²) >= 11 is 3.13. The fourth-order valence-electron chi connectivity index (χ4n) is 0.481. The first-order chi connectivity index (χ1) is 4.20. The number of hydrogen-bond donors (Lipinski definition) is 1. The molecule has 1 aromatic heterocycles. The van der Waals surface area contributed by atoms with Crippen molar-refractivity contribution in [2.45, 2.75) is 6.92 Å². The highest BCUT2D eigenvalue weighted by molar-refractivity contribution is 9.10. The Labute approximate surface area is 61.4 Å². The Hall–Kier alpha value is -0.640. The molecule has 0 spiro atoms. The molecule has 2 N–H and O–H groups in total. The Morgan fingerprint density at radius 2 is 2.33 bits per heavy atom. The van der Waals surface area contributed by atoms with Crippen LogP contribution in [0.1, 0.15) is 5.69 Å². The SMILES string of the molecule is Cc1cnc(Br)c(N)n1. The molecule has 0 unspecified atom stereocenters. The summed E-state index contributed by atoms with van der Waals surface area (Å²) in [5, 5.41) is 0. The highest BCUT2D eigenvalue weighted by atomic mass is 79.9. The fraction of sp³-hybridized carbons (Fsp3) is 0.200. The van der Waals surface area contributed by atoms with E-state index in [0.29, 0.717) is 10.4 Å². The third-order valence-electron chi connectivity index (χ3n) is 0.873. The minimum absolute atomic E-state index is 0.440. The summed E-state index contributed by atoms with van der Waals surface area (Å²) in [6.07, 6.45) is 1.65. The molecule has 1 aromatic rings. The standard InChI is InChI=1S/C5H6BrN3/c1-3-2-8-4(6)5(7)9-3/h2H,1H3,(H2,7,9). The van der Waals surface area contributed by atoms with Crippen molar-refractivity contribution < 1.29 is 0 Å². The Morgan fingerprint density at radius 3 is 2.78 bits per heavy atom. The van der Waals surface area contributed by atoms with Gasteiger partial charge in [0.25, 0.3) is 0 Å². The summed E-state index contributed by atoms with van der Waals surface area (Å²) in [4.78, 5) is 7.85. The number of anilines is 1. The number of halogens is 1. The molecule has 1 rings (SSSR count). The molecule has 9 heavy (non-hydrogen) atoms. The lowest BCUT2D eigenvalue weighted by Crippen LogP contribution is -1.94. The monoisotopic (exact) mass is 187 g/mol. The van der Waals surface area contributed by atoms with Crippen molar-refractivity contribution in [3.8, 4) is 0 Å². The van der Waals surface area contributed by atoms with E-state index in [2.05, 4.69) is 25.9 Å². The van der Waals surface area contributed by atoms with Crippen molar-refractivity contribution in [1.29, 1.82) is 0 Å². The second-order valence-electron chi connectivity index (χ2n) is 1.69. The highest BCUT2D eigenvalue weighted by Crippen LogP contribution is 2.11. The number of aromatic nitrogens is 2. The van der Waals surface area contributed by atoms with E-state index in [-0.39, 0.29) is 0 Å². The molecule has 0 saturated heterocycles. The van der Waals surface area contributed by atoms with Crippen LogP contribution in [0.5, 0.6) is 0 Å². The average Bonchev–Trinajstić information content (AvgIpc) is 1.80. The molecule has 0 aliphatic rings. The molecule has 0 aliphatic heterocycles. The maximum Gasteiger partial charge on any atom is 0.156 e. The van der Waals surface area contributed by atoms with Crippen LogP contribution in [0.4, 0.5) is 5.82 Å². The second-order valence-corrected chi connectivity index (χ2v) is 2.44. The first-order valence-electron chi connectivity index (χ1n) is 2.45. The van der Waals surface area contributed by atoms with E-state index in [0.717, 1.165) is 5.69 Å². The summed E-state index contributed by atoms with van der Waals surface area (Å²) in [7, 11) is 0. The van der Waals surface area contributed by atoms with Gasteiger partial charge in [0.2, 0.25) is 0 Å². The average molecular weight is 188 g/mol. The van der Waals surface area contributed by atoms with Crippen LogP contribution in [-0.2, 0) is 0 Å². The van der Waals surface area contributed by atoms with Crippen LogP contribution < -0.4 is 5.73 Å². The van der Waals surface area contributed by atoms with Gasteiger partial charge in [-0.3, -0.25) is 0 Å². The Bertz CT molecular complexity index is 223. The number of nitrogens with two attached hydrogens (primary N) is 1. The zero-order valence-corrected chi connectivity index (χ0v) is 6.51. The van der Waals surface area contributed by atoms with Gasteiger partial charge in [0.1, 0.15) is 4.60 Å². The van der Waals surface area contributed by atoms with Gasteiger partial charge in [0.15, 0.2) is 5.82 Å². The lowest BCUT2D eigenvalue weighted by Gasteiger charge is -1.94. The highest BCUT2D eigenvalue weighted by Gasteiger charge is 1.95. The smallest absolute Gasteiger partial charge is 0.156 e. The van der Waals surface area contributed by atoms with Crippen LogP contribution in [0.15, 0.2) is 10.8 Å². The fourth-order valence-corrected chi connectivity index (χ4v) is 0.672. The van der Waals surface area contributed by atoms with E-state index in [9.17, 15) is 0 Å². The van der Waals surface area contributed by atoms with Gasteiger partial charge in [0, 0.05) is 6.20 Å². The second kappa shape index (κ2) is 2.31. The van der Waals surface area contributed by atoms with Crippen LogP contribution >= 0.6 is 15.9 Å². The maximum atomic E-state index is 5.40. The van der Waals surface area contributed by atoms with Crippen molar-refractivity contribution in [3.63, 3.8) is 0 Å². The van der Waals surface area contributed by atoms with Crippen molar-refractivity contribution in [1.82, 2.24) is 9.97 Å². The van der Waals surface area contributed by atoms with Gasteiger partial charge in [-0.1, -0.05) is 0 Å². The van der Waals surface area contributed by atoms with Crippen LogP contribution in [0, 0.1) is 6.92 Å². The predicted octanol–water partition coefficient (Wildman–Crippen LogP) is 1.13. The summed E-state index contributed by atoms with van der Waals surface area (Å²) < 4.78 is 0.605. The minimum atomic E-state index is 0.440. The van der Waals surface area contributed by atoms with Gasteiger partial charge < -0.3 is 5.73 Å². The number of aryl methyl sites for hydroxylation is 1. The molecule has 0 aromatic carbocycles. The topological polar surface area (TPSA) is 51.8 Å².